The molecule has 0 saturated carbocycles. The number of nitrogens with one attached hydrogen (secondary N) is 1. The molecule has 0 fully saturated rings. The first-order chi connectivity index (χ1) is 14.5. The normalized spacial score (nSPS) is 11.8. The summed E-state index contributed by atoms with van der Waals surface area (Å²) in [7, 11) is 0. The quantitative estimate of drug-likeness (QED) is 0.580. The Hall–Kier alpha value is -3.49. The summed E-state index contributed by atoms with van der Waals surface area (Å²) in [6.45, 7) is 0.178. The van der Waals surface area contributed by atoms with E-state index in [1.54, 1.807) is 0 Å². The number of halogens is 2. The molecule has 3 aromatic carbocycles. The third-order valence-electron chi connectivity index (χ3n) is 4.92. The zero-order valence-corrected chi connectivity index (χ0v) is 16.5. The number of carbonyl (C=O) groups is 1. The smallest absolute Gasteiger partial charge is 0.407 e. The van der Waals surface area contributed by atoms with Crippen LogP contribution in [-0.2, 0) is 4.74 Å². The zero-order chi connectivity index (χ0) is 21.1. The van der Waals surface area contributed by atoms with Gasteiger partial charge in [-0.25, -0.2) is 9.18 Å². The van der Waals surface area contributed by atoms with Crippen molar-refractivity contribution in [3.63, 3.8) is 0 Å². The molecular formula is C24H17ClFNO3. The molecule has 1 aliphatic rings. The Labute approximate surface area is 178 Å². The second-order valence-corrected chi connectivity index (χ2v) is 7.20. The number of amides is 1. The highest BCUT2D eigenvalue weighted by Gasteiger charge is 2.28. The SMILES string of the molecule is O=C(NCC#Cc1cc(Cl)cc(F)c1O)OCC1c2ccccc2-c2ccccc21. The lowest BCUT2D eigenvalue weighted by Gasteiger charge is -2.14. The van der Waals surface area contributed by atoms with Crippen LogP contribution in [0.1, 0.15) is 22.6 Å². The number of aromatic hydroxyl groups is 1. The number of rotatable bonds is 3. The monoisotopic (exact) mass is 421 g/mol. The minimum absolute atomic E-state index is 0.0236. The first kappa shape index (κ1) is 19.8. The number of phenolic OH excluding ortho intramolecular Hbond substituents is 1. The van der Waals surface area contributed by atoms with Crippen LogP contribution in [0.5, 0.6) is 5.75 Å². The summed E-state index contributed by atoms with van der Waals surface area (Å²) in [6, 6.07) is 18.5. The molecule has 0 radical (unpaired) electrons. The van der Waals surface area contributed by atoms with Crippen molar-refractivity contribution in [2.24, 2.45) is 0 Å². The highest BCUT2D eigenvalue weighted by atomic mass is 35.5. The first-order valence-corrected chi connectivity index (χ1v) is 9.68. The molecule has 150 valence electrons. The van der Waals surface area contributed by atoms with Gasteiger partial charge in [-0.1, -0.05) is 72.0 Å². The molecule has 4 rings (SSSR count). The van der Waals surface area contributed by atoms with Gasteiger partial charge in [-0.15, -0.1) is 0 Å². The predicted molar refractivity (Wildman–Crippen MR) is 113 cm³/mol. The molecule has 0 bridgehead atoms. The standard InChI is InChI=1S/C24H17ClFNO3/c25-16-12-15(23(28)22(26)13-16)6-5-11-27-24(29)30-14-21-19-9-3-1-7-17(19)18-8-2-4-10-20(18)21/h1-4,7-10,12-13,21,28H,11,14H2,(H,27,29). The molecule has 0 unspecified atom stereocenters. The average Bonchev–Trinajstić information content (AvgIpc) is 3.07. The van der Waals surface area contributed by atoms with Gasteiger partial charge in [0.2, 0.25) is 0 Å². The van der Waals surface area contributed by atoms with Gasteiger partial charge in [0.05, 0.1) is 12.1 Å². The Morgan fingerprint density at radius 3 is 2.40 bits per heavy atom. The Kier molecular flexibility index (Phi) is 5.60. The number of alkyl carbamates (subject to hydrolysis) is 1. The topological polar surface area (TPSA) is 58.6 Å². The van der Waals surface area contributed by atoms with Crippen LogP contribution in [0.25, 0.3) is 11.1 Å². The Bertz CT molecular complexity index is 1140. The van der Waals surface area contributed by atoms with E-state index >= 15 is 0 Å². The number of hydrogen-bond acceptors (Lipinski definition) is 3. The van der Waals surface area contributed by atoms with E-state index in [-0.39, 0.29) is 29.7 Å². The number of hydrogen-bond donors (Lipinski definition) is 2. The molecule has 4 nitrogen and oxygen atoms in total. The van der Waals surface area contributed by atoms with E-state index in [9.17, 15) is 14.3 Å². The van der Waals surface area contributed by atoms with Crippen molar-refractivity contribution < 1.29 is 19.0 Å². The maximum atomic E-state index is 13.4. The summed E-state index contributed by atoms with van der Waals surface area (Å²) in [6.07, 6.45) is -0.604. The van der Waals surface area contributed by atoms with Gasteiger partial charge in [-0.05, 0) is 34.4 Å². The van der Waals surface area contributed by atoms with E-state index < -0.39 is 17.7 Å². The number of carbonyl (C=O) groups excluding carboxylic acids is 1. The molecule has 1 aliphatic carbocycles. The summed E-state index contributed by atoms with van der Waals surface area (Å²) < 4.78 is 18.9. The molecule has 1 amide bonds. The fourth-order valence-electron chi connectivity index (χ4n) is 3.57. The third-order valence-corrected chi connectivity index (χ3v) is 5.13. The molecule has 3 aromatic rings. The van der Waals surface area contributed by atoms with Crippen LogP contribution < -0.4 is 5.32 Å². The Morgan fingerprint density at radius 2 is 1.73 bits per heavy atom. The summed E-state index contributed by atoms with van der Waals surface area (Å²) in [5, 5.41) is 12.3. The molecular weight excluding hydrogens is 405 g/mol. The van der Waals surface area contributed by atoms with Crippen molar-refractivity contribution in [3.8, 4) is 28.7 Å². The summed E-state index contributed by atoms with van der Waals surface area (Å²) in [4.78, 5) is 12.1. The molecule has 30 heavy (non-hydrogen) atoms. The number of ether oxygens (including phenoxy) is 1. The summed E-state index contributed by atoms with van der Waals surface area (Å²) >= 11 is 5.75. The van der Waals surface area contributed by atoms with Gasteiger partial charge in [0, 0.05) is 10.9 Å². The fourth-order valence-corrected chi connectivity index (χ4v) is 3.77. The second kappa shape index (κ2) is 8.48. The van der Waals surface area contributed by atoms with Crippen LogP contribution in [0.3, 0.4) is 0 Å². The molecule has 0 aromatic heterocycles. The van der Waals surface area contributed by atoms with Crippen LogP contribution >= 0.6 is 11.6 Å². The summed E-state index contributed by atoms with van der Waals surface area (Å²) in [5.41, 5.74) is 4.62. The van der Waals surface area contributed by atoms with Gasteiger partial charge < -0.3 is 15.2 Å². The first-order valence-electron chi connectivity index (χ1n) is 9.30. The highest BCUT2D eigenvalue weighted by molar-refractivity contribution is 6.30. The minimum Gasteiger partial charge on any atom is -0.504 e. The van der Waals surface area contributed by atoms with E-state index in [4.69, 9.17) is 16.3 Å². The maximum Gasteiger partial charge on any atom is 0.407 e. The van der Waals surface area contributed by atoms with Crippen LogP contribution in [-0.4, -0.2) is 24.4 Å². The molecule has 0 spiro atoms. The molecule has 6 heteroatoms. The van der Waals surface area contributed by atoms with E-state index in [0.29, 0.717) is 0 Å². The number of benzene rings is 3. The minimum atomic E-state index is -0.851. The predicted octanol–water partition coefficient (Wildman–Crippen LogP) is 5.07. The van der Waals surface area contributed by atoms with Crippen LogP contribution in [0.2, 0.25) is 5.02 Å². The van der Waals surface area contributed by atoms with Gasteiger partial charge >= 0.3 is 6.09 Å². The van der Waals surface area contributed by atoms with E-state index in [2.05, 4.69) is 29.3 Å². The lowest BCUT2D eigenvalue weighted by molar-refractivity contribution is 0.144. The largest absolute Gasteiger partial charge is 0.504 e. The Balaban J connectivity index is 1.37. The molecule has 0 atom stereocenters. The number of phenols is 1. The maximum absolute atomic E-state index is 13.4. The van der Waals surface area contributed by atoms with Crippen molar-refractivity contribution in [3.05, 3.63) is 88.2 Å². The van der Waals surface area contributed by atoms with Crippen molar-refractivity contribution >= 4 is 17.7 Å². The average molecular weight is 422 g/mol. The van der Waals surface area contributed by atoms with Gasteiger partial charge in [-0.3, -0.25) is 0 Å². The second-order valence-electron chi connectivity index (χ2n) is 6.76. The third kappa shape index (κ3) is 3.96. The zero-order valence-electron chi connectivity index (χ0n) is 15.8. The molecule has 0 aliphatic heterocycles. The van der Waals surface area contributed by atoms with E-state index in [1.807, 2.05) is 36.4 Å². The van der Waals surface area contributed by atoms with E-state index in [1.165, 1.54) is 6.07 Å². The summed E-state index contributed by atoms with van der Waals surface area (Å²) in [5.74, 6) is 3.76. The lowest BCUT2D eigenvalue weighted by atomic mass is 9.98. The molecule has 0 heterocycles. The van der Waals surface area contributed by atoms with Crippen LogP contribution in [0, 0.1) is 17.7 Å². The van der Waals surface area contributed by atoms with Crippen LogP contribution in [0.4, 0.5) is 9.18 Å². The van der Waals surface area contributed by atoms with Crippen molar-refractivity contribution in [1.82, 2.24) is 5.32 Å². The lowest BCUT2D eigenvalue weighted by Crippen LogP contribution is -2.26. The van der Waals surface area contributed by atoms with Crippen molar-refractivity contribution in [1.29, 1.82) is 0 Å². The Morgan fingerprint density at radius 1 is 1.10 bits per heavy atom. The van der Waals surface area contributed by atoms with Crippen LogP contribution in [0.15, 0.2) is 60.7 Å². The highest BCUT2D eigenvalue weighted by Crippen LogP contribution is 2.44. The van der Waals surface area contributed by atoms with Crippen molar-refractivity contribution in [2.75, 3.05) is 13.2 Å². The van der Waals surface area contributed by atoms with Gasteiger partial charge in [0.15, 0.2) is 11.6 Å². The van der Waals surface area contributed by atoms with E-state index in [0.717, 1.165) is 28.3 Å². The van der Waals surface area contributed by atoms with Crippen molar-refractivity contribution in [2.45, 2.75) is 5.92 Å². The fraction of sp³-hybridized carbons (Fsp3) is 0.125. The van der Waals surface area contributed by atoms with Gasteiger partial charge in [-0.2, -0.15) is 0 Å². The van der Waals surface area contributed by atoms with Gasteiger partial charge in [0.25, 0.3) is 0 Å². The molecule has 0 saturated heterocycles. The molecule has 2 N–H and O–H groups in total. The number of fused-ring (bicyclic) bond motifs is 3. The van der Waals surface area contributed by atoms with Gasteiger partial charge in [0.1, 0.15) is 6.61 Å².